The Kier molecular flexibility index (Phi) is 8.12. The standard InChI is InChI=1S/C16H23NO4/c1-3-21-12-15(18)17-14(16(19)20-2)11-7-10-13-8-5-4-6-9-13/h4-6,8-9,14H,3,7,10-12H2,1-2H3,(H,17,18)/t14-/m0/s1. The highest BCUT2D eigenvalue weighted by atomic mass is 16.5. The molecule has 0 saturated heterocycles. The second kappa shape index (κ2) is 9.94. The van der Waals surface area contributed by atoms with E-state index in [1.165, 1.54) is 12.7 Å². The first-order chi connectivity index (χ1) is 10.2. The molecule has 0 radical (unpaired) electrons. The Morgan fingerprint density at radius 2 is 1.95 bits per heavy atom. The van der Waals surface area contributed by atoms with Gasteiger partial charge in [-0.3, -0.25) is 4.79 Å². The second-order valence-corrected chi connectivity index (χ2v) is 4.66. The minimum absolute atomic E-state index is 0.0390. The van der Waals surface area contributed by atoms with Gasteiger partial charge in [0, 0.05) is 6.61 Å². The van der Waals surface area contributed by atoms with Crippen LogP contribution in [0.5, 0.6) is 0 Å². The Morgan fingerprint density at radius 3 is 2.57 bits per heavy atom. The Hall–Kier alpha value is -1.88. The molecule has 0 aliphatic carbocycles. The van der Waals surface area contributed by atoms with Crippen LogP contribution in [0.3, 0.4) is 0 Å². The number of esters is 1. The van der Waals surface area contributed by atoms with Gasteiger partial charge in [0.25, 0.3) is 0 Å². The molecule has 0 spiro atoms. The van der Waals surface area contributed by atoms with Crippen LogP contribution in [-0.2, 0) is 25.5 Å². The summed E-state index contributed by atoms with van der Waals surface area (Å²) in [5.41, 5.74) is 1.21. The van der Waals surface area contributed by atoms with Gasteiger partial charge in [-0.05, 0) is 31.7 Å². The van der Waals surface area contributed by atoms with E-state index in [0.29, 0.717) is 13.0 Å². The molecule has 5 nitrogen and oxygen atoms in total. The molecular formula is C16H23NO4. The van der Waals surface area contributed by atoms with Crippen LogP contribution in [0.15, 0.2) is 30.3 Å². The average molecular weight is 293 g/mol. The number of hydrogen-bond acceptors (Lipinski definition) is 4. The van der Waals surface area contributed by atoms with Crippen LogP contribution in [0.1, 0.15) is 25.3 Å². The fourth-order valence-electron chi connectivity index (χ4n) is 1.98. The molecule has 0 fully saturated rings. The monoisotopic (exact) mass is 293 g/mol. The topological polar surface area (TPSA) is 64.6 Å². The van der Waals surface area contributed by atoms with E-state index in [1.54, 1.807) is 0 Å². The summed E-state index contributed by atoms with van der Waals surface area (Å²) >= 11 is 0. The Morgan fingerprint density at radius 1 is 1.24 bits per heavy atom. The number of carbonyl (C=O) groups excluding carboxylic acids is 2. The minimum Gasteiger partial charge on any atom is -0.467 e. The van der Waals surface area contributed by atoms with Crippen molar-refractivity contribution in [3.05, 3.63) is 35.9 Å². The molecule has 0 aliphatic heterocycles. The van der Waals surface area contributed by atoms with E-state index in [-0.39, 0.29) is 12.5 Å². The van der Waals surface area contributed by atoms with Gasteiger partial charge < -0.3 is 14.8 Å². The van der Waals surface area contributed by atoms with Gasteiger partial charge in [0.15, 0.2) is 0 Å². The normalized spacial score (nSPS) is 11.7. The third kappa shape index (κ3) is 6.90. The van der Waals surface area contributed by atoms with Crippen LogP contribution >= 0.6 is 0 Å². The Bertz CT molecular complexity index is 433. The molecule has 116 valence electrons. The van der Waals surface area contributed by atoms with Gasteiger partial charge >= 0.3 is 5.97 Å². The molecule has 21 heavy (non-hydrogen) atoms. The van der Waals surface area contributed by atoms with Crippen molar-refractivity contribution < 1.29 is 19.1 Å². The highest BCUT2D eigenvalue weighted by Gasteiger charge is 2.20. The van der Waals surface area contributed by atoms with E-state index in [0.717, 1.165) is 12.8 Å². The first-order valence-corrected chi connectivity index (χ1v) is 7.16. The van der Waals surface area contributed by atoms with E-state index in [2.05, 4.69) is 5.32 Å². The van der Waals surface area contributed by atoms with Gasteiger partial charge in [0.1, 0.15) is 12.6 Å². The zero-order valence-electron chi connectivity index (χ0n) is 12.6. The molecular weight excluding hydrogens is 270 g/mol. The third-order valence-electron chi connectivity index (χ3n) is 3.06. The number of carbonyl (C=O) groups is 2. The summed E-state index contributed by atoms with van der Waals surface area (Å²) in [4.78, 5) is 23.3. The quantitative estimate of drug-likeness (QED) is 0.704. The van der Waals surface area contributed by atoms with E-state index in [1.807, 2.05) is 37.3 Å². The van der Waals surface area contributed by atoms with Crippen LogP contribution in [0.4, 0.5) is 0 Å². The van der Waals surface area contributed by atoms with Crippen molar-refractivity contribution in [1.82, 2.24) is 5.32 Å². The smallest absolute Gasteiger partial charge is 0.328 e. The fraction of sp³-hybridized carbons (Fsp3) is 0.500. The number of amides is 1. The number of rotatable bonds is 9. The molecule has 1 N–H and O–H groups in total. The van der Waals surface area contributed by atoms with Crippen molar-refractivity contribution in [1.29, 1.82) is 0 Å². The summed E-state index contributed by atoms with van der Waals surface area (Å²) in [7, 11) is 1.32. The molecule has 0 aliphatic rings. The molecule has 0 unspecified atom stereocenters. The van der Waals surface area contributed by atoms with E-state index in [4.69, 9.17) is 9.47 Å². The lowest BCUT2D eigenvalue weighted by Gasteiger charge is -2.16. The Labute approximate surface area is 125 Å². The summed E-state index contributed by atoms with van der Waals surface area (Å²) in [5.74, 6) is -0.722. The molecule has 1 atom stereocenters. The molecule has 0 saturated carbocycles. The lowest BCUT2D eigenvalue weighted by atomic mass is 10.0. The van der Waals surface area contributed by atoms with Crippen LogP contribution in [0.25, 0.3) is 0 Å². The van der Waals surface area contributed by atoms with Crippen LogP contribution < -0.4 is 5.32 Å². The van der Waals surface area contributed by atoms with Crippen molar-refractivity contribution in [2.45, 2.75) is 32.2 Å². The van der Waals surface area contributed by atoms with Gasteiger partial charge in [0.05, 0.1) is 7.11 Å². The zero-order chi connectivity index (χ0) is 15.5. The number of benzene rings is 1. The molecule has 5 heteroatoms. The summed E-state index contributed by atoms with van der Waals surface area (Å²) < 4.78 is 9.75. The molecule has 0 heterocycles. The van der Waals surface area contributed by atoms with E-state index < -0.39 is 12.0 Å². The molecule has 1 rings (SSSR count). The number of aryl methyl sites for hydroxylation is 1. The van der Waals surface area contributed by atoms with Crippen molar-refractivity contribution >= 4 is 11.9 Å². The molecule has 1 amide bonds. The maximum Gasteiger partial charge on any atom is 0.328 e. The first-order valence-electron chi connectivity index (χ1n) is 7.16. The van der Waals surface area contributed by atoms with E-state index in [9.17, 15) is 9.59 Å². The third-order valence-corrected chi connectivity index (χ3v) is 3.06. The fourth-order valence-corrected chi connectivity index (χ4v) is 1.98. The highest BCUT2D eigenvalue weighted by Crippen LogP contribution is 2.07. The lowest BCUT2D eigenvalue weighted by Crippen LogP contribution is -2.43. The molecule has 1 aromatic rings. The minimum atomic E-state index is -0.619. The summed E-state index contributed by atoms with van der Waals surface area (Å²) in [6, 6.07) is 9.40. The number of methoxy groups -OCH3 is 1. The van der Waals surface area contributed by atoms with Gasteiger partial charge in [-0.1, -0.05) is 30.3 Å². The summed E-state index contributed by atoms with van der Waals surface area (Å²) in [5, 5.41) is 2.65. The maximum atomic E-state index is 11.7. The Balaban J connectivity index is 2.42. The van der Waals surface area contributed by atoms with E-state index >= 15 is 0 Å². The predicted molar refractivity (Wildman–Crippen MR) is 79.8 cm³/mol. The highest BCUT2D eigenvalue weighted by molar-refractivity contribution is 5.84. The van der Waals surface area contributed by atoms with Crippen molar-refractivity contribution in [2.75, 3.05) is 20.3 Å². The van der Waals surface area contributed by atoms with Crippen molar-refractivity contribution in [3.63, 3.8) is 0 Å². The van der Waals surface area contributed by atoms with Crippen molar-refractivity contribution in [3.8, 4) is 0 Å². The largest absolute Gasteiger partial charge is 0.467 e. The van der Waals surface area contributed by atoms with Crippen LogP contribution in [0, 0.1) is 0 Å². The lowest BCUT2D eigenvalue weighted by molar-refractivity contribution is -0.145. The summed E-state index contributed by atoms with van der Waals surface area (Å²) in [6.07, 6.45) is 2.19. The first kappa shape index (κ1) is 17.2. The second-order valence-electron chi connectivity index (χ2n) is 4.66. The van der Waals surface area contributed by atoms with Gasteiger partial charge in [-0.25, -0.2) is 4.79 Å². The SMILES string of the molecule is CCOCC(=O)N[C@@H](CCCc1ccccc1)C(=O)OC. The average Bonchev–Trinajstić information content (AvgIpc) is 2.52. The van der Waals surface area contributed by atoms with Crippen molar-refractivity contribution in [2.24, 2.45) is 0 Å². The number of nitrogens with one attached hydrogen (secondary N) is 1. The van der Waals surface area contributed by atoms with Gasteiger partial charge in [-0.2, -0.15) is 0 Å². The van der Waals surface area contributed by atoms with Gasteiger partial charge in [-0.15, -0.1) is 0 Å². The molecule has 0 aromatic heterocycles. The van der Waals surface area contributed by atoms with Crippen LogP contribution in [0.2, 0.25) is 0 Å². The maximum absolute atomic E-state index is 11.7. The number of hydrogen-bond donors (Lipinski definition) is 1. The number of ether oxygens (including phenoxy) is 2. The molecule has 1 aromatic carbocycles. The zero-order valence-corrected chi connectivity index (χ0v) is 12.6. The van der Waals surface area contributed by atoms with Gasteiger partial charge in [0.2, 0.25) is 5.91 Å². The molecule has 0 bridgehead atoms. The van der Waals surface area contributed by atoms with Crippen LogP contribution in [-0.4, -0.2) is 38.2 Å². The summed E-state index contributed by atoms with van der Waals surface area (Å²) in [6.45, 7) is 2.23. The predicted octanol–water partition coefficient (Wildman–Crippen LogP) is 1.70.